The van der Waals surface area contributed by atoms with Crippen molar-refractivity contribution in [1.29, 1.82) is 0 Å². The van der Waals surface area contributed by atoms with E-state index in [0.717, 1.165) is 18.7 Å². The van der Waals surface area contributed by atoms with E-state index in [1.54, 1.807) is 17.2 Å². The summed E-state index contributed by atoms with van der Waals surface area (Å²) in [7, 11) is 5.16. The maximum atomic E-state index is 12.1. The van der Waals surface area contributed by atoms with Crippen LogP contribution in [0.25, 0.3) is 0 Å². The molecule has 1 aromatic rings. The van der Waals surface area contributed by atoms with Crippen LogP contribution in [0.2, 0.25) is 0 Å². The summed E-state index contributed by atoms with van der Waals surface area (Å²) in [5, 5.41) is 5.62. The van der Waals surface area contributed by atoms with E-state index in [4.69, 9.17) is 4.74 Å². The second-order valence-corrected chi connectivity index (χ2v) is 5.65. The highest BCUT2D eigenvalue weighted by atomic mass is 16.5. The van der Waals surface area contributed by atoms with Crippen molar-refractivity contribution in [2.24, 2.45) is 0 Å². The Morgan fingerprint density at radius 3 is 2.78 bits per heavy atom. The molecule has 23 heavy (non-hydrogen) atoms. The monoisotopic (exact) mass is 321 g/mol. The number of aromatic nitrogens is 1. The van der Waals surface area contributed by atoms with E-state index in [2.05, 4.69) is 15.6 Å². The molecule has 8 heteroatoms. The van der Waals surface area contributed by atoms with Crippen molar-refractivity contribution in [3.8, 4) is 0 Å². The minimum atomic E-state index is -0.361. The van der Waals surface area contributed by atoms with Gasteiger partial charge in [-0.15, -0.1) is 0 Å². The summed E-state index contributed by atoms with van der Waals surface area (Å²) >= 11 is 0. The molecule has 2 N–H and O–H groups in total. The smallest absolute Gasteiger partial charge is 0.409 e. The number of hydrogen-bond acceptors (Lipinski definition) is 5. The zero-order valence-corrected chi connectivity index (χ0v) is 13.7. The SMILES string of the molecule is COC(=O)N1CCC[C@@H](NC(=O)Nc2ccc(N(C)C)nc2)C1. The number of pyridine rings is 1. The van der Waals surface area contributed by atoms with Gasteiger partial charge in [0.2, 0.25) is 0 Å². The van der Waals surface area contributed by atoms with Crippen molar-refractivity contribution < 1.29 is 14.3 Å². The normalized spacial score (nSPS) is 17.3. The number of piperidine rings is 1. The van der Waals surface area contributed by atoms with Crippen LogP contribution in [0.1, 0.15) is 12.8 Å². The topological polar surface area (TPSA) is 86.8 Å². The number of rotatable bonds is 3. The molecule has 1 aliphatic rings. The molecule has 0 unspecified atom stereocenters. The maximum absolute atomic E-state index is 12.1. The summed E-state index contributed by atoms with van der Waals surface area (Å²) in [6, 6.07) is 3.23. The lowest BCUT2D eigenvalue weighted by Gasteiger charge is -2.32. The van der Waals surface area contributed by atoms with Crippen molar-refractivity contribution in [3.05, 3.63) is 18.3 Å². The molecular formula is C15H23N5O3. The lowest BCUT2D eigenvalue weighted by atomic mass is 10.1. The molecule has 1 aliphatic heterocycles. The summed E-state index contributed by atoms with van der Waals surface area (Å²) < 4.78 is 4.72. The van der Waals surface area contributed by atoms with Crippen molar-refractivity contribution in [1.82, 2.24) is 15.2 Å². The second kappa shape index (κ2) is 7.66. The number of carbonyl (C=O) groups excluding carboxylic acids is 2. The third kappa shape index (κ3) is 4.73. The summed E-state index contributed by atoms with van der Waals surface area (Å²) in [5.74, 6) is 0.817. The Kier molecular flexibility index (Phi) is 5.61. The van der Waals surface area contributed by atoms with E-state index in [1.807, 2.05) is 25.1 Å². The maximum Gasteiger partial charge on any atom is 0.409 e. The second-order valence-electron chi connectivity index (χ2n) is 5.65. The van der Waals surface area contributed by atoms with Gasteiger partial charge in [-0.05, 0) is 25.0 Å². The molecule has 8 nitrogen and oxygen atoms in total. The fraction of sp³-hybridized carbons (Fsp3) is 0.533. The summed E-state index contributed by atoms with van der Waals surface area (Å²) in [4.78, 5) is 31.3. The minimum Gasteiger partial charge on any atom is -0.453 e. The average molecular weight is 321 g/mol. The first-order valence-electron chi connectivity index (χ1n) is 7.53. The molecule has 0 aliphatic carbocycles. The van der Waals surface area contributed by atoms with Gasteiger partial charge in [0, 0.05) is 33.2 Å². The van der Waals surface area contributed by atoms with E-state index >= 15 is 0 Å². The Morgan fingerprint density at radius 1 is 1.39 bits per heavy atom. The van der Waals surface area contributed by atoms with E-state index in [0.29, 0.717) is 18.8 Å². The third-order valence-electron chi connectivity index (χ3n) is 3.65. The Labute approximate surface area is 135 Å². The van der Waals surface area contributed by atoms with Gasteiger partial charge in [0.1, 0.15) is 5.82 Å². The van der Waals surface area contributed by atoms with Gasteiger partial charge in [0.25, 0.3) is 0 Å². The van der Waals surface area contributed by atoms with E-state index in [-0.39, 0.29) is 18.2 Å². The molecule has 2 rings (SSSR count). The predicted molar refractivity (Wildman–Crippen MR) is 87.7 cm³/mol. The Bertz CT molecular complexity index is 547. The number of methoxy groups -OCH3 is 1. The highest BCUT2D eigenvalue weighted by Crippen LogP contribution is 2.13. The fourth-order valence-corrected chi connectivity index (χ4v) is 2.47. The molecule has 3 amide bonds. The highest BCUT2D eigenvalue weighted by Gasteiger charge is 2.25. The van der Waals surface area contributed by atoms with Crippen LogP contribution in [0.15, 0.2) is 18.3 Å². The molecule has 1 aromatic heterocycles. The van der Waals surface area contributed by atoms with E-state index < -0.39 is 0 Å². The largest absolute Gasteiger partial charge is 0.453 e. The molecule has 0 aromatic carbocycles. The standard InChI is InChI=1S/C15H23N5O3/c1-19(2)13-7-6-11(9-16-13)17-14(21)18-12-5-4-8-20(10-12)15(22)23-3/h6-7,9,12H,4-5,8,10H2,1-3H3,(H2,17,18,21)/t12-/m1/s1. The van der Waals surface area contributed by atoms with Gasteiger partial charge in [0.05, 0.1) is 19.0 Å². The summed E-state index contributed by atoms with van der Waals surface area (Å²) in [6.45, 7) is 1.11. The number of carbonyl (C=O) groups is 2. The van der Waals surface area contributed by atoms with Crippen LogP contribution >= 0.6 is 0 Å². The number of nitrogens with one attached hydrogen (secondary N) is 2. The predicted octanol–water partition coefficient (Wildman–Crippen LogP) is 1.50. The quantitative estimate of drug-likeness (QED) is 0.881. The summed E-state index contributed by atoms with van der Waals surface area (Å²) in [5.41, 5.74) is 0.619. The van der Waals surface area contributed by atoms with Crippen LogP contribution in [0.5, 0.6) is 0 Å². The lowest BCUT2D eigenvalue weighted by molar-refractivity contribution is 0.108. The number of nitrogens with zero attached hydrogens (tertiary/aromatic N) is 3. The average Bonchev–Trinajstić information content (AvgIpc) is 2.54. The number of ether oxygens (including phenoxy) is 1. The zero-order chi connectivity index (χ0) is 16.8. The molecule has 0 spiro atoms. The molecule has 2 heterocycles. The van der Waals surface area contributed by atoms with Crippen molar-refractivity contribution >= 4 is 23.6 Å². The minimum absolute atomic E-state index is 0.0862. The Balaban J connectivity index is 1.85. The van der Waals surface area contributed by atoms with Crippen LogP contribution in [0, 0.1) is 0 Å². The molecule has 0 saturated carbocycles. The Hall–Kier alpha value is -2.51. The van der Waals surface area contributed by atoms with Gasteiger partial charge >= 0.3 is 12.1 Å². The molecule has 126 valence electrons. The van der Waals surface area contributed by atoms with Crippen LogP contribution in [0.4, 0.5) is 21.1 Å². The summed E-state index contributed by atoms with van der Waals surface area (Å²) in [6.07, 6.45) is 2.91. The van der Waals surface area contributed by atoms with Gasteiger partial charge < -0.3 is 25.2 Å². The van der Waals surface area contributed by atoms with Crippen LogP contribution in [-0.2, 0) is 4.74 Å². The van der Waals surface area contributed by atoms with Crippen molar-refractivity contribution in [2.75, 3.05) is 44.5 Å². The number of likely N-dealkylation sites (tertiary alicyclic amines) is 1. The third-order valence-corrected chi connectivity index (χ3v) is 3.65. The first-order valence-corrected chi connectivity index (χ1v) is 7.53. The Morgan fingerprint density at radius 2 is 2.17 bits per heavy atom. The van der Waals surface area contributed by atoms with Gasteiger partial charge in [0.15, 0.2) is 0 Å². The molecule has 1 atom stereocenters. The van der Waals surface area contributed by atoms with Gasteiger partial charge in [-0.25, -0.2) is 14.6 Å². The number of hydrogen-bond donors (Lipinski definition) is 2. The first kappa shape index (κ1) is 16.9. The zero-order valence-electron chi connectivity index (χ0n) is 13.7. The number of urea groups is 1. The van der Waals surface area contributed by atoms with Crippen LogP contribution in [0.3, 0.4) is 0 Å². The molecular weight excluding hydrogens is 298 g/mol. The fourth-order valence-electron chi connectivity index (χ4n) is 2.47. The highest BCUT2D eigenvalue weighted by molar-refractivity contribution is 5.89. The lowest BCUT2D eigenvalue weighted by Crippen LogP contribution is -2.50. The van der Waals surface area contributed by atoms with Gasteiger partial charge in [-0.3, -0.25) is 0 Å². The van der Waals surface area contributed by atoms with Gasteiger partial charge in [-0.2, -0.15) is 0 Å². The van der Waals surface area contributed by atoms with Crippen LogP contribution < -0.4 is 15.5 Å². The molecule has 0 radical (unpaired) electrons. The van der Waals surface area contributed by atoms with Crippen LogP contribution in [-0.4, -0.2) is 62.3 Å². The number of anilines is 2. The molecule has 1 fully saturated rings. The van der Waals surface area contributed by atoms with E-state index in [1.165, 1.54) is 7.11 Å². The number of amides is 3. The van der Waals surface area contributed by atoms with E-state index in [9.17, 15) is 9.59 Å². The molecule has 1 saturated heterocycles. The van der Waals surface area contributed by atoms with Crippen molar-refractivity contribution in [2.45, 2.75) is 18.9 Å². The first-order chi connectivity index (χ1) is 11.0. The van der Waals surface area contributed by atoms with Gasteiger partial charge in [-0.1, -0.05) is 0 Å². The van der Waals surface area contributed by atoms with Crippen molar-refractivity contribution in [3.63, 3.8) is 0 Å². The molecule has 0 bridgehead atoms.